The fourth-order valence-corrected chi connectivity index (χ4v) is 1.62. The van der Waals surface area contributed by atoms with Gasteiger partial charge in [-0.2, -0.15) is 0 Å². The van der Waals surface area contributed by atoms with Crippen LogP contribution in [0.1, 0.15) is 20.8 Å². The molecule has 1 aliphatic rings. The lowest BCUT2D eigenvalue weighted by Gasteiger charge is -2.34. The van der Waals surface area contributed by atoms with Gasteiger partial charge >= 0.3 is 0 Å². The van der Waals surface area contributed by atoms with Gasteiger partial charge in [0.1, 0.15) is 0 Å². The van der Waals surface area contributed by atoms with E-state index >= 15 is 0 Å². The quantitative estimate of drug-likeness (QED) is 0.711. The Bertz CT molecular complexity index is 117. The minimum absolute atomic E-state index is 0. The van der Waals surface area contributed by atoms with Gasteiger partial charge < -0.3 is 5.32 Å². The molecule has 1 unspecified atom stereocenters. The molecule has 1 saturated heterocycles. The average Bonchev–Trinajstić information content (AvgIpc) is 1.93. The van der Waals surface area contributed by atoms with Crippen molar-refractivity contribution in [3.63, 3.8) is 0 Å². The van der Waals surface area contributed by atoms with Crippen molar-refractivity contribution in [2.24, 2.45) is 5.92 Å². The van der Waals surface area contributed by atoms with Gasteiger partial charge in [0.15, 0.2) is 0 Å². The van der Waals surface area contributed by atoms with Gasteiger partial charge in [0, 0.05) is 32.2 Å². The zero-order valence-electron chi connectivity index (χ0n) is 8.34. The third-order valence-corrected chi connectivity index (χ3v) is 2.24. The van der Waals surface area contributed by atoms with Gasteiger partial charge in [-0.3, -0.25) is 4.90 Å². The van der Waals surface area contributed by atoms with Crippen molar-refractivity contribution >= 4 is 12.4 Å². The Labute approximate surface area is 82.1 Å². The van der Waals surface area contributed by atoms with E-state index in [-0.39, 0.29) is 12.4 Å². The van der Waals surface area contributed by atoms with Gasteiger partial charge in [0.25, 0.3) is 0 Å². The highest BCUT2D eigenvalue weighted by Crippen LogP contribution is 2.05. The SMILES string of the molecule is CC(C)CN1CCNCC1C.Cl. The summed E-state index contributed by atoms with van der Waals surface area (Å²) in [5.41, 5.74) is 0. The Morgan fingerprint density at radius 1 is 1.50 bits per heavy atom. The third kappa shape index (κ3) is 3.74. The molecule has 0 aromatic carbocycles. The van der Waals surface area contributed by atoms with Crippen molar-refractivity contribution < 1.29 is 0 Å². The maximum absolute atomic E-state index is 3.40. The second-order valence-electron chi connectivity index (χ2n) is 3.94. The van der Waals surface area contributed by atoms with Crippen LogP contribution in [0.5, 0.6) is 0 Å². The van der Waals surface area contributed by atoms with Crippen molar-refractivity contribution in [3.05, 3.63) is 0 Å². The molecule has 2 nitrogen and oxygen atoms in total. The Morgan fingerprint density at radius 3 is 2.67 bits per heavy atom. The summed E-state index contributed by atoms with van der Waals surface area (Å²) in [6.07, 6.45) is 0. The molecule has 0 aliphatic carbocycles. The average molecular weight is 193 g/mol. The van der Waals surface area contributed by atoms with Crippen LogP contribution in [0, 0.1) is 5.92 Å². The van der Waals surface area contributed by atoms with Gasteiger partial charge in [-0.25, -0.2) is 0 Å². The highest BCUT2D eigenvalue weighted by Gasteiger charge is 2.17. The van der Waals surface area contributed by atoms with E-state index in [9.17, 15) is 0 Å². The molecule has 0 bridgehead atoms. The summed E-state index contributed by atoms with van der Waals surface area (Å²) in [5.74, 6) is 0.801. The normalized spacial score (nSPS) is 25.5. The fourth-order valence-electron chi connectivity index (χ4n) is 1.62. The Hall–Kier alpha value is 0.210. The lowest BCUT2D eigenvalue weighted by Crippen LogP contribution is -2.50. The van der Waals surface area contributed by atoms with Crippen molar-refractivity contribution in [3.8, 4) is 0 Å². The zero-order valence-corrected chi connectivity index (χ0v) is 9.16. The van der Waals surface area contributed by atoms with E-state index in [0.29, 0.717) is 0 Å². The lowest BCUT2D eigenvalue weighted by atomic mass is 10.1. The highest BCUT2D eigenvalue weighted by molar-refractivity contribution is 5.85. The predicted octanol–water partition coefficient (Wildman–Crippen LogP) is 1.36. The largest absolute Gasteiger partial charge is 0.314 e. The van der Waals surface area contributed by atoms with E-state index in [1.54, 1.807) is 0 Å². The Morgan fingerprint density at radius 2 is 2.17 bits per heavy atom. The number of nitrogens with one attached hydrogen (secondary N) is 1. The van der Waals surface area contributed by atoms with Crippen LogP contribution in [-0.2, 0) is 0 Å². The predicted molar refractivity (Wildman–Crippen MR) is 56.0 cm³/mol. The summed E-state index contributed by atoms with van der Waals surface area (Å²) in [4.78, 5) is 2.57. The highest BCUT2D eigenvalue weighted by atomic mass is 35.5. The smallest absolute Gasteiger partial charge is 0.0193 e. The fraction of sp³-hybridized carbons (Fsp3) is 1.00. The summed E-state index contributed by atoms with van der Waals surface area (Å²) in [5, 5.41) is 3.40. The first-order valence-electron chi connectivity index (χ1n) is 4.65. The molecule has 1 rings (SSSR count). The molecule has 1 fully saturated rings. The van der Waals surface area contributed by atoms with Crippen LogP contribution in [-0.4, -0.2) is 37.1 Å². The van der Waals surface area contributed by atoms with Gasteiger partial charge in [-0.1, -0.05) is 13.8 Å². The summed E-state index contributed by atoms with van der Waals surface area (Å²) in [7, 11) is 0. The monoisotopic (exact) mass is 192 g/mol. The summed E-state index contributed by atoms with van der Waals surface area (Å²) >= 11 is 0. The third-order valence-electron chi connectivity index (χ3n) is 2.24. The van der Waals surface area contributed by atoms with E-state index in [1.165, 1.54) is 13.1 Å². The number of hydrogen-bond acceptors (Lipinski definition) is 2. The zero-order chi connectivity index (χ0) is 8.27. The van der Waals surface area contributed by atoms with Crippen molar-refractivity contribution in [2.75, 3.05) is 26.2 Å². The molecular formula is C9H21ClN2. The van der Waals surface area contributed by atoms with E-state index in [4.69, 9.17) is 0 Å². The first kappa shape index (κ1) is 12.2. The van der Waals surface area contributed by atoms with Crippen LogP contribution < -0.4 is 5.32 Å². The molecule has 0 radical (unpaired) electrons. The summed E-state index contributed by atoms with van der Waals surface area (Å²) in [6, 6.07) is 0.728. The summed E-state index contributed by atoms with van der Waals surface area (Å²) < 4.78 is 0. The second kappa shape index (κ2) is 5.79. The molecule has 3 heteroatoms. The standard InChI is InChI=1S/C9H20N2.ClH/c1-8(2)7-11-5-4-10-6-9(11)3;/h8-10H,4-7H2,1-3H3;1H. The van der Waals surface area contributed by atoms with E-state index < -0.39 is 0 Å². The molecule has 1 aliphatic heterocycles. The van der Waals surface area contributed by atoms with Gasteiger partial charge in [0.05, 0.1) is 0 Å². The molecule has 0 spiro atoms. The van der Waals surface area contributed by atoms with Gasteiger partial charge in [-0.15, -0.1) is 12.4 Å². The van der Waals surface area contributed by atoms with E-state index in [2.05, 4.69) is 31.0 Å². The van der Waals surface area contributed by atoms with Crippen molar-refractivity contribution in [1.82, 2.24) is 10.2 Å². The van der Waals surface area contributed by atoms with Gasteiger partial charge in [-0.05, 0) is 12.8 Å². The number of piperazine rings is 1. The Kier molecular flexibility index (Phi) is 5.89. The maximum Gasteiger partial charge on any atom is 0.0193 e. The van der Waals surface area contributed by atoms with Crippen LogP contribution in [0.3, 0.4) is 0 Å². The van der Waals surface area contributed by atoms with Crippen LogP contribution in [0.2, 0.25) is 0 Å². The van der Waals surface area contributed by atoms with E-state index in [0.717, 1.165) is 25.0 Å². The molecule has 12 heavy (non-hydrogen) atoms. The molecule has 1 N–H and O–H groups in total. The number of halogens is 1. The molecule has 74 valence electrons. The second-order valence-corrected chi connectivity index (χ2v) is 3.94. The molecule has 0 saturated carbocycles. The topological polar surface area (TPSA) is 15.3 Å². The first-order chi connectivity index (χ1) is 5.20. The van der Waals surface area contributed by atoms with Crippen LogP contribution in [0.15, 0.2) is 0 Å². The first-order valence-corrected chi connectivity index (χ1v) is 4.65. The van der Waals surface area contributed by atoms with Crippen molar-refractivity contribution in [1.29, 1.82) is 0 Å². The molecule has 0 aromatic heterocycles. The van der Waals surface area contributed by atoms with E-state index in [1.807, 2.05) is 0 Å². The molecule has 0 amide bonds. The van der Waals surface area contributed by atoms with Crippen LogP contribution >= 0.6 is 12.4 Å². The number of nitrogens with zero attached hydrogens (tertiary/aromatic N) is 1. The lowest BCUT2D eigenvalue weighted by molar-refractivity contribution is 0.156. The van der Waals surface area contributed by atoms with Crippen molar-refractivity contribution in [2.45, 2.75) is 26.8 Å². The number of hydrogen-bond donors (Lipinski definition) is 1. The maximum atomic E-state index is 3.40. The molecular weight excluding hydrogens is 172 g/mol. The number of rotatable bonds is 2. The minimum Gasteiger partial charge on any atom is -0.314 e. The molecule has 0 aromatic rings. The Balaban J connectivity index is 0.00000121. The molecule has 1 atom stereocenters. The summed E-state index contributed by atoms with van der Waals surface area (Å²) in [6.45, 7) is 11.7. The van der Waals surface area contributed by atoms with Gasteiger partial charge in [0.2, 0.25) is 0 Å². The van der Waals surface area contributed by atoms with Crippen LogP contribution in [0.25, 0.3) is 0 Å². The van der Waals surface area contributed by atoms with Crippen LogP contribution in [0.4, 0.5) is 0 Å². The minimum atomic E-state index is 0. The molecule has 1 heterocycles.